The van der Waals surface area contributed by atoms with Gasteiger partial charge < -0.3 is 15.4 Å². The number of ether oxygens (including phenoxy) is 1. The summed E-state index contributed by atoms with van der Waals surface area (Å²) in [5.41, 5.74) is 2.97. The molecule has 0 fully saturated rings. The lowest BCUT2D eigenvalue weighted by Gasteiger charge is -2.10. The van der Waals surface area contributed by atoms with E-state index in [2.05, 4.69) is 15.7 Å². The molecule has 0 spiro atoms. The summed E-state index contributed by atoms with van der Waals surface area (Å²) >= 11 is 0. The summed E-state index contributed by atoms with van der Waals surface area (Å²) in [5.74, 6) is -0.574. The van der Waals surface area contributed by atoms with Crippen LogP contribution in [0, 0.1) is 18.6 Å². The number of benzene rings is 2. The van der Waals surface area contributed by atoms with Gasteiger partial charge >= 0.3 is 6.03 Å². The summed E-state index contributed by atoms with van der Waals surface area (Å²) in [6, 6.07) is 8.85. The molecule has 0 bridgehead atoms. The fourth-order valence-corrected chi connectivity index (χ4v) is 2.91. The highest BCUT2D eigenvalue weighted by atomic mass is 19.1. The second kappa shape index (κ2) is 9.18. The summed E-state index contributed by atoms with van der Waals surface area (Å²) in [4.78, 5) is 12.0. The molecular formula is C21H22F2N4O2. The molecule has 0 aliphatic rings. The Morgan fingerprint density at radius 1 is 1.17 bits per heavy atom. The van der Waals surface area contributed by atoms with E-state index in [1.54, 1.807) is 13.3 Å². The van der Waals surface area contributed by atoms with E-state index in [4.69, 9.17) is 4.74 Å². The van der Waals surface area contributed by atoms with Crippen molar-refractivity contribution in [1.82, 2.24) is 20.4 Å². The van der Waals surface area contributed by atoms with Gasteiger partial charge in [0.25, 0.3) is 0 Å². The van der Waals surface area contributed by atoms with Crippen LogP contribution in [0.3, 0.4) is 0 Å². The number of rotatable bonds is 7. The monoisotopic (exact) mass is 400 g/mol. The van der Waals surface area contributed by atoms with Crippen LogP contribution in [0.1, 0.15) is 16.7 Å². The van der Waals surface area contributed by atoms with Gasteiger partial charge in [-0.1, -0.05) is 17.7 Å². The number of hydrogen-bond acceptors (Lipinski definition) is 3. The number of nitrogens with one attached hydrogen (secondary N) is 2. The average molecular weight is 400 g/mol. The fourth-order valence-electron chi connectivity index (χ4n) is 2.91. The van der Waals surface area contributed by atoms with Gasteiger partial charge in [0.1, 0.15) is 17.3 Å². The molecule has 1 aromatic heterocycles. The topological polar surface area (TPSA) is 68.2 Å². The summed E-state index contributed by atoms with van der Waals surface area (Å²) in [7, 11) is 1.62. The maximum Gasteiger partial charge on any atom is 0.315 e. The van der Waals surface area contributed by atoms with E-state index >= 15 is 0 Å². The summed E-state index contributed by atoms with van der Waals surface area (Å²) < 4.78 is 33.5. The van der Waals surface area contributed by atoms with Crippen molar-refractivity contribution in [1.29, 1.82) is 0 Å². The number of aryl methyl sites for hydroxylation is 1. The third-order valence-electron chi connectivity index (χ3n) is 4.36. The van der Waals surface area contributed by atoms with E-state index in [1.807, 2.05) is 25.1 Å². The van der Waals surface area contributed by atoms with Gasteiger partial charge in [-0.15, -0.1) is 0 Å². The maximum absolute atomic E-state index is 13.8. The SMILES string of the molecule is COc1ccc(C)cc1CCNC(=O)NCc1cnn(-c2ccc(F)cc2F)c1. The van der Waals surface area contributed by atoms with Crippen LogP contribution >= 0.6 is 0 Å². The molecule has 2 N–H and O–H groups in total. The molecule has 6 nitrogen and oxygen atoms in total. The van der Waals surface area contributed by atoms with E-state index in [-0.39, 0.29) is 18.3 Å². The van der Waals surface area contributed by atoms with Crippen LogP contribution in [0.5, 0.6) is 5.75 Å². The first-order valence-corrected chi connectivity index (χ1v) is 9.10. The normalized spacial score (nSPS) is 10.6. The van der Waals surface area contributed by atoms with Crippen LogP contribution < -0.4 is 15.4 Å². The first-order chi connectivity index (χ1) is 14.0. The number of amides is 2. The Morgan fingerprint density at radius 2 is 2.00 bits per heavy atom. The number of methoxy groups -OCH3 is 1. The van der Waals surface area contributed by atoms with E-state index in [0.717, 1.165) is 29.0 Å². The molecule has 0 radical (unpaired) electrons. The summed E-state index contributed by atoms with van der Waals surface area (Å²) in [6.07, 6.45) is 3.73. The minimum Gasteiger partial charge on any atom is -0.496 e. The van der Waals surface area contributed by atoms with Gasteiger partial charge in [0.15, 0.2) is 5.82 Å². The summed E-state index contributed by atoms with van der Waals surface area (Å²) in [5, 5.41) is 9.57. The van der Waals surface area contributed by atoms with E-state index in [9.17, 15) is 13.6 Å². The van der Waals surface area contributed by atoms with Gasteiger partial charge in [0.05, 0.1) is 13.3 Å². The fraction of sp³-hybridized carbons (Fsp3) is 0.238. The van der Waals surface area contributed by atoms with E-state index < -0.39 is 11.6 Å². The van der Waals surface area contributed by atoms with Crippen molar-refractivity contribution >= 4 is 6.03 Å². The molecule has 0 saturated carbocycles. The number of carbonyl (C=O) groups excluding carboxylic acids is 1. The van der Waals surface area contributed by atoms with Crippen LogP contribution in [0.2, 0.25) is 0 Å². The molecule has 8 heteroatoms. The molecule has 152 valence electrons. The lowest BCUT2D eigenvalue weighted by Crippen LogP contribution is -2.36. The van der Waals surface area contributed by atoms with Crippen LogP contribution in [0.4, 0.5) is 13.6 Å². The van der Waals surface area contributed by atoms with Crippen LogP contribution in [0.25, 0.3) is 5.69 Å². The quantitative estimate of drug-likeness (QED) is 0.638. The molecule has 29 heavy (non-hydrogen) atoms. The number of urea groups is 1. The highest BCUT2D eigenvalue weighted by Crippen LogP contribution is 2.19. The number of halogens is 2. The Morgan fingerprint density at radius 3 is 2.76 bits per heavy atom. The zero-order valence-corrected chi connectivity index (χ0v) is 16.2. The first-order valence-electron chi connectivity index (χ1n) is 9.10. The predicted octanol–water partition coefficient (Wildman–Crippen LogP) is 3.51. The Bertz CT molecular complexity index is 1000. The second-order valence-electron chi connectivity index (χ2n) is 6.56. The molecule has 0 saturated heterocycles. The van der Waals surface area contributed by atoms with Crippen LogP contribution in [-0.4, -0.2) is 29.5 Å². The number of hydrogen-bond donors (Lipinski definition) is 2. The first kappa shape index (κ1) is 20.3. The van der Waals surface area contributed by atoms with Gasteiger partial charge in [-0.2, -0.15) is 5.10 Å². The van der Waals surface area contributed by atoms with Gasteiger partial charge in [-0.3, -0.25) is 0 Å². The summed E-state index contributed by atoms with van der Waals surface area (Å²) in [6.45, 7) is 2.68. The Labute approximate surface area is 167 Å². The third kappa shape index (κ3) is 5.31. The van der Waals surface area contributed by atoms with Crippen molar-refractivity contribution in [2.75, 3.05) is 13.7 Å². The molecule has 2 amide bonds. The third-order valence-corrected chi connectivity index (χ3v) is 4.36. The van der Waals surface area contributed by atoms with Crippen LogP contribution in [-0.2, 0) is 13.0 Å². The van der Waals surface area contributed by atoms with Crippen molar-refractivity contribution in [2.24, 2.45) is 0 Å². The van der Waals surface area contributed by atoms with Gasteiger partial charge in [0, 0.05) is 30.9 Å². The molecule has 0 aliphatic heterocycles. The zero-order chi connectivity index (χ0) is 20.8. The van der Waals surface area contributed by atoms with Gasteiger partial charge in [-0.25, -0.2) is 18.3 Å². The highest BCUT2D eigenvalue weighted by Gasteiger charge is 2.09. The minimum absolute atomic E-state index is 0.134. The average Bonchev–Trinajstić information content (AvgIpc) is 3.15. The van der Waals surface area contributed by atoms with Crippen molar-refractivity contribution in [3.8, 4) is 11.4 Å². The predicted molar refractivity (Wildman–Crippen MR) is 105 cm³/mol. The van der Waals surface area contributed by atoms with Crippen molar-refractivity contribution < 1.29 is 18.3 Å². The van der Waals surface area contributed by atoms with Crippen LogP contribution in [0.15, 0.2) is 48.8 Å². The molecule has 1 heterocycles. The maximum atomic E-state index is 13.8. The number of nitrogens with zero attached hydrogens (tertiary/aromatic N) is 2. The zero-order valence-electron chi connectivity index (χ0n) is 16.2. The molecular weight excluding hydrogens is 378 g/mol. The van der Waals surface area contributed by atoms with Crippen molar-refractivity contribution in [2.45, 2.75) is 19.9 Å². The lowest BCUT2D eigenvalue weighted by atomic mass is 10.1. The standard InChI is InChI=1S/C21H22F2N4O2/c1-14-3-6-20(29-2)16(9-14)7-8-24-21(28)25-11-15-12-26-27(13-15)19-5-4-17(22)10-18(19)23/h3-6,9-10,12-13H,7-8,11H2,1-2H3,(H2,24,25,28). The van der Waals surface area contributed by atoms with Gasteiger partial charge in [0.2, 0.25) is 0 Å². The Hall–Kier alpha value is -3.42. The molecule has 0 atom stereocenters. The van der Waals surface area contributed by atoms with Gasteiger partial charge in [-0.05, 0) is 37.1 Å². The Balaban J connectivity index is 1.49. The number of carbonyl (C=O) groups is 1. The molecule has 2 aromatic carbocycles. The van der Waals surface area contributed by atoms with Crippen molar-refractivity contribution in [3.63, 3.8) is 0 Å². The molecule has 0 unspecified atom stereocenters. The molecule has 0 aliphatic carbocycles. The molecule has 3 aromatic rings. The molecule has 3 rings (SSSR count). The van der Waals surface area contributed by atoms with Crippen molar-refractivity contribution in [3.05, 3.63) is 77.1 Å². The Kier molecular flexibility index (Phi) is 6.43. The minimum atomic E-state index is -0.711. The van der Waals surface area contributed by atoms with E-state index in [1.165, 1.54) is 16.9 Å². The smallest absolute Gasteiger partial charge is 0.315 e. The second-order valence-corrected chi connectivity index (χ2v) is 6.56. The number of aromatic nitrogens is 2. The largest absolute Gasteiger partial charge is 0.496 e. The van der Waals surface area contributed by atoms with E-state index in [0.29, 0.717) is 18.5 Å². The highest BCUT2D eigenvalue weighted by molar-refractivity contribution is 5.73. The lowest BCUT2D eigenvalue weighted by molar-refractivity contribution is 0.240.